The summed E-state index contributed by atoms with van der Waals surface area (Å²) in [5.74, 6) is 0.908. The van der Waals surface area contributed by atoms with Crippen LogP contribution in [0, 0.1) is 0 Å². The average molecular weight is 281 g/mol. The fourth-order valence-electron chi connectivity index (χ4n) is 1.12. The average Bonchev–Trinajstić information content (AvgIpc) is 2.28. The number of nitrogens with two attached hydrogens (primary N) is 1. The summed E-state index contributed by atoms with van der Waals surface area (Å²) >= 11 is 3.29. The first-order chi connectivity index (χ1) is 7.75. The maximum atomic E-state index is 5.52. The first-order valence-electron chi connectivity index (χ1n) is 4.56. The molecule has 0 radical (unpaired) electrons. The molecule has 0 spiro atoms. The highest BCUT2D eigenvalue weighted by Crippen LogP contribution is 2.21. The first-order valence-corrected chi connectivity index (χ1v) is 5.36. The van der Waals surface area contributed by atoms with Gasteiger partial charge in [-0.2, -0.15) is 0 Å². The second-order valence-corrected chi connectivity index (χ2v) is 3.74. The number of anilines is 1. The summed E-state index contributed by atoms with van der Waals surface area (Å²) in [6, 6.07) is 5.37. The van der Waals surface area contributed by atoms with E-state index in [1.807, 2.05) is 6.07 Å². The molecule has 2 rings (SSSR count). The van der Waals surface area contributed by atoms with Gasteiger partial charge in [0, 0.05) is 12.4 Å². The maximum Gasteiger partial charge on any atom is 0.220 e. The van der Waals surface area contributed by atoms with Crippen molar-refractivity contribution in [2.45, 2.75) is 6.61 Å². The highest BCUT2D eigenvalue weighted by molar-refractivity contribution is 9.10. The van der Waals surface area contributed by atoms with Crippen molar-refractivity contribution < 1.29 is 4.74 Å². The smallest absolute Gasteiger partial charge is 0.220 e. The fraction of sp³-hybridized carbons (Fsp3) is 0.100. The van der Waals surface area contributed by atoms with Gasteiger partial charge in [0.15, 0.2) is 5.75 Å². The number of pyridine rings is 1. The molecule has 16 heavy (non-hydrogen) atoms. The molecule has 0 unspecified atom stereocenters. The van der Waals surface area contributed by atoms with Crippen LogP contribution in [0.15, 0.2) is 35.2 Å². The van der Waals surface area contributed by atoms with E-state index in [4.69, 9.17) is 10.5 Å². The van der Waals surface area contributed by atoms with Crippen LogP contribution in [0.25, 0.3) is 0 Å². The van der Waals surface area contributed by atoms with Crippen molar-refractivity contribution in [3.8, 4) is 5.75 Å². The summed E-state index contributed by atoms with van der Waals surface area (Å²) in [5.41, 5.74) is 6.18. The molecule has 0 fully saturated rings. The van der Waals surface area contributed by atoms with E-state index in [-0.39, 0.29) is 5.95 Å². The van der Waals surface area contributed by atoms with Crippen LogP contribution in [0.1, 0.15) is 5.69 Å². The number of rotatable bonds is 3. The molecule has 0 atom stereocenters. The number of hydrogen-bond acceptors (Lipinski definition) is 5. The minimum absolute atomic E-state index is 0.242. The molecular formula is C10H9BrN4O. The van der Waals surface area contributed by atoms with Crippen molar-refractivity contribution in [2.24, 2.45) is 0 Å². The topological polar surface area (TPSA) is 73.9 Å². The highest BCUT2D eigenvalue weighted by atomic mass is 79.9. The van der Waals surface area contributed by atoms with E-state index >= 15 is 0 Å². The zero-order valence-corrected chi connectivity index (χ0v) is 9.89. The van der Waals surface area contributed by atoms with Gasteiger partial charge in [0.25, 0.3) is 0 Å². The summed E-state index contributed by atoms with van der Waals surface area (Å²) in [5, 5.41) is 0. The van der Waals surface area contributed by atoms with Crippen LogP contribution in [0.4, 0.5) is 5.95 Å². The van der Waals surface area contributed by atoms with Crippen molar-refractivity contribution in [1.29, 1.82) is 0 Å². The SMILES string of the molecule is Nc1nccc(COc2cccnc2Br)n1. The Bertz CT molecular complexity index is 492. The molecule has 0 aromatic carbocycles. The van der Waals surface area contributed by atoms with Crippen molar-refractivity contribution in [2.75, 3.05) is 5.73 Å². The molecular weight excluding hydrogens is 272 g/mol. The van der Waals surface area contributed by atoms with Gasteiger partial charge >= 0.3 is 0 Å². The largest absolute Gasteiger partial charge is 0.484 e. The van der Waals surface area contributed by atoms with Crippen molar-refractivity contribution >= 4 is 21.9 Å². The molecule has 0 amide bonds. The predicted molar refractivity (Wildman–Crippen MR) is 62.7 cm³/mol. The van der Waals surface area contributed by atoms with Gasteiger partial charge in [-0.05, 0) is 34.1 Å². The van der Waals surface area contributed by atoms with E-state index in [2.05, 4.69) is 30.9 Å². The Labute approximate surface area is 101 Å². The molecule has 82 valence electrons. The van der Waals surface area contributed by atoms with Gasteiger partial charge in [0.2, 0.25) is 5.95 Å². The maximum absolute atomic E-state index is 5.52. The lowest BCUT2D eigenvalue weighted by Crippen LogP contribution is -2.02. The summed E-state index contributed by atoms with van der Waals surface area (Å²) < 4.78 is 6.19. The lowest BCUT2D eigenvalue weighted by Gasteiger charge is -2.06. The molecule has 0 saturated heterocycles. The van der Waals surface area contributed by atoms with Gasteiger partial charge < -0.3 is 10.5 Å². The van der Waals surface area contributed by atoms with E-state index < -0.39 is 0 Å². The Kier molecular flexibility index (Phi) is 3.31. The van der Waals surface area contributed by atoms with Gasteiger partial charge in [0.1, 0.15) is 11.2 Å². The lowest BCUT2D eigenvalue weighted by atomic mass is 10.4. The first kappa shape index (κ1) is 10.8. The number of aromatic nitrogens is 3. The summed E-state index contributed by atoms with van der Waals surface area (Å²) in [7, 11) is 0. The van der Waals surface area contributed by atoms with Crippen LogP contribution in [0.5, 0.6) is 5.75 Å². The molecule has 0 saturated carbocycles. The van der Waals surface area contributed by atoms with E-state index in [1.165, 1.54) is 0 Å². The Balaban J connectivity index is 2.05. The van der Waals surface area contributed by atoms with Crippen LogP contribution in [0.2, 0.25) is 0 Å². The Morgan fingerprint density at radius 1 is 1.25 bits per heavy atom. The van der Waals surface area contributed by atoms with Crippen LogP contribution >= 0.6 is 15.9 Å². The molecule has 2 aromatic rings. The second-order valence-electron chi connectivity index (χ2n) is 2.99. The quantitative estimate of drug-likeness (QED) is 0.868. The third kappa shape index (κ3) is 2.66. The van der Waals surface area contributed by atoms with E-state index in [9.17, 15) is 0 Å². The third-order valence-corrected chi connectivity index (χ3v) is 2.43. The summed E-state index contributed by atoms with van der Waals surface area (Å²) in [6.45, 7) is 0.330. The van der Waals surface area contributed by atoms with E-state index in [0.717, 1.165) is 5.69 Å². The van der Waals surface area contributed by atoms with E-state index in [1.54, 1.807) is 24.5 Å². The standard InChI is InChI=1S/C10H9BrN4O/c11-9-8(2-1-4-13-9)16-6-7-3-5-14-10(12)15-7/h1-5H,6H2,(H2,12,14,15). The minimum Gasteiger partial charge on any atom is -0.484 e. The monoisotopic (exact) mass is 280 g/mol. The lowest BCUT2D eigenvalue weighted by molar-refractivity contribution is 0.298. The van der Waals surface area contributed by atoms with Gasteiger partial charge in [-0.3, -0.25) is 0 Å². The third-order valence-electron chi connectivity index (χ3n) is 1.83. The van der Waals surface area contributed by atoms with Gasteiger partial charge in [-0.25, -0.2) is 15.0 Å². The summed E-state index contributed by atoms with van der Waals surface area (Å²) in [4.78, 5) is 11.9. The predicted octanol–water partition coefficient (Wildman–Crippen LogP) is 1.80. The van der Waals surface area contributed by atoms with E-state index in [0.29, 0.717) is 17.0 Å². The van der Waals surface area contributed by atoms with Crippen LogP contribution in [-0.2, 0) is 6.61 Å². The number of nitrogens with zero attached hydrogens (tertiary/aromatic N) is 3. The van der Waals surface area contributed by atoms with Crippen molar-refractivity contribution in [1.82, 2.24) is 15.0 Å². The molecule has 2 heterocycles. The zero-order chi connectivity index (χ0) is 11.4. The highest BCUT2D eigenvalue weighted by Gasteiger charge is 2.02. The van der Waals surface area contributed by atoms with Crippen LogP contribution in [0.3, 0.4) is 0 Å². The summed E-state index contributed by atoms with van der Waals surface area (Å²) in [6.07, 6.45) is 3.28. The fourth-order valence-corrected chi connectivity index (χ4v) is 1.49. The molecule has 0 bridgehead atoms. The van der Waals surface area contributed by atoms with Crippen LogP contribution < -0.4 is 10.5 Å². The van der Waals surface area contributed by atoms with Gasteiger partial charge in [-0.1, -0.05) is 0 Å². The number of halogens is 1. The number of hydrogen-bond donors (Lipinski definition) is 1. The minimum atomic E-state index is 0.242. The normalized spacial score (nSPS) is 10.1. The number of ether oxygens (including phenoxy) is 1. The van der Waals surface area contributed by atoms with Crippen molar-refractivity contribution in [3.63, 3.8) is 0 Å². The van der Waals surface area contributed by atoms with Gasteiger partial charge in [-0.15, -0.1) is 0 Å². The second kappa shape index (κ2) is 4.89. The molecule has 0 aliphatic carbocycles. The molecule has 6 heteroatoms. The molecule has 0 aliphatic rings. The Morgan fingerprint density at radius 2 is 2.12 bits per heavy atom. The van der Waals surface area contributed by atoms with Crippen LogP contribution in [-0.4, -0.2) is 15.0 Å². The molecule has 2 aromatic heterocycles. The molecule has 5 nitrogen and oxygen atoms in total. The number of nitrogen functional groups attached to an aromatic ring is 1. The zero-order valence-electron chi connectivity index (χ0n) is 8.30. The Hall–Kier alpha value is -1.69. The molecule has 0 aliphatic heterocycles. The van der Waals surface area contributed by atoms with Gasteiger partial charge in [0.05, 0.1) is 5.69 Å². The van der Waals surface area contributed by atoms with Crippen molar-refractivity contribution in [3.05, 3.63) is 40.9 Å². The molecule has 2 N–H and O–H groups in total. The Morgan fingerprint density at radius 3 is 2.88 bits per heavy atom.